The third kappa shape index (κ3) is 13.0. The molecule has 0 aromatic carbocycles. The van der Waals surface area contributed by atoms with Gasteiger partial charge >= 0.3 is 5.97 Å². The second-order valence-corrected chi connectivity index (χ2v) is 7.97. The highest BCUT2D eigenvalue weighted by Crippen LogP contribution is 2.05. The Morgan fingerprint density at radius 1 is 0.735 bits per heavy atom. The van der Waals surface area contributed by atoms with Gasteiger partial charge in [-0.05, 0) is 38.6 Å². The van der Waals surface area contributed by atoms with Gasteiger partial charge in [-0.2, -0.15) is 12.6 Å². The third-order valence-electron chi connectivity index (χ3n) is 4.73. The summed E-state index contributed by atoms with van der Waals surface area (Å²) in [6.07, 6.45) is 0.629. The maximum Gasteiger partial charge on any atom is 0.326 e. The molecule has 5 amide bonds. The minimum Gasteiger partial charge on any atom is -0.480 e. The summed E-state index contributed by atoms with van der Waals surface area (Å²) in [6, 6.07) is -4.78. The Balaban J connectivity index is 5.24. The van der Waals surface area contributed by atoms with E-state index in [0.29, 0.717) is 19.4 Å². The Kier molecular flexibility index (Phi) is 15.2. The van der Waals surface area contributed by atoms with Crippen molar-refractivity contribution in [3.05, 3.63) is 0 Å². The lowest BCUT2D eigenvalue weighted by Crippen LogP contribution is -2.57. The van der Waals surface area contributed by atoms with Gasteiger partial charge in [0.05, 0.1) is 6.04 Å². The van der Waals surface area contributed by atoms with Gasteiger partial charge in [-0.1, -0.05) is 0 Å². The molecule has 0 aliphatic carbocycles. The number of carbonyl (C=O) groups is 6. The van der Waals surface area contributed by atoms with Gasteiger partial charge in [-0.15, -0.1) is 0 Å². The molecule has 4 unspecified atom stereocenters. The Morgan fingerprint density at radius 2 is 1.24 bits per heavy atom. The van der Waals surface area contributed by atoms with Gasteiger partial charge in [0, 0.05) is 18.6 Å². The number of carboxylic acids is 1. The van der Waals surface area contributed by atoms with E-state index in [1.807, 2.05) is 0 Å². The lowest BCUT2D eigenvalue weighted by molar-refractivity contribution is -0.142. The van der Waals surface area contributed by atoms with Crippen LogP contribution in [0.4, 0.5) is 0 Å². The summed E-state index contributed by atoms with van der Waals surface area (Å²) in [5, 5.41) is 16.4. The Morgan fingerprint density at radius 3 is 1.74 bits per heavy atom. The highest BCUT2D eigenvalue weighted by molar-refractivity contribution is 7.80. The summed E-state index contributed by atoms with van der Waals surface area (Å²) < 4.78 is 0. The first-order chi connectivity index (χ1) is 15.9. The van der Waals surface area contributed by atoms with E-state index in [1.165, 1.54) is 0 Å². The molecule has 0 radical (unpaired) electrons. The van der Waals surface area contributed by atoms with E-state index < -0.39 is 59.7 Å². The number of aliphatic carboxylic acids is 1. The van der Waals surface area contributed by atoms with Gasteiger partial charge in [0.25, 0.3) is 0 Å². The standard InChI is InChI=1S/C19H35N7O7S/c20-8-2-1-3-11(24-16(29)10(21)4-6-14(22)27)17(30)26-13(9-34)18(31)25-12(19(32)33)5-7-15(23)28/h10-13,34H,1-9,20-21H2,(H2,22,27)(H2,23,28)(H,24,29)(H,25,31)(H,26,30)(H,32,33). The molecule has 0 aliphatic heterocycles. The van der Waals surface area contributed by atoms with Crippen LogP contribution in [0.15, 0.2) is 0 Å². The number of carboxylic acid groups (broad SMARTS) is 1. The van der Waals surface area contributed by atoms with E-state index in [4.69, 9.17) is 22.9 Å². The van der Waals surface area contributed by atoms with Crippen molar-refractivity contribution >= 4 is 48.1 Å². The molecule has 0 aliphatic rings. The van der Waals surface area contributed by atoms with E-state index >= 15 is 0 Å². The third-order valence-corrected chi connectivity index (χ3v) is 5.09. The summed E-state index contributed by atoms with van der Waals surface area (Å²) in [4.78, 5) is 70.8. The Hall–Kier alpha value is -2.91. The maximum atomic E-state index is 12.8. The molecule has 194 valence electrons. The number of primary amides is 2. The van der Waals surface area contributed by atoms with Crippen LogP contribution in [0, 0.1) is 0 Å². The Bertz CT molecular complexity index is 738. The average Bonchev–Trinajstić information content (AvgIpc) is 2.76. The normalized spacial score (nSPS) is 14.2. The van der Waals surface area contributed by atoms with Crippen molar-refractivity contribution in [3.8, 4) is 0 Å². The number of unbranched alkanes of at least 4 members (excludes halogenated alkanes) is 1. The first kappa shape index (κ1) is 31.1. The van der Waals surface area contributed by atoms with Crippen LogP contribution in [-0.4, -0.2) is 77.1 Å². The molecule has 12 N–H and O–H groups in total. The number of rotatable bonds is 18. The summed E-state index contributed by atoms with van der Waals surface area (Å²) >= 11 is 4.03. The van der Waals surface area contributed by atoms with E-state index in [1.54, 1.807) is 0 Å². The molecule has 0 fully saturated rings. The van der Waals surface area contributed by atoms with Crippen LogP contribution < -0.4 is 38.9 Å². The fourth-order valence-electron chi connectivity index (χ4n) is 2.75. The Labute approximate surface area is 202 Å². The van der Waals surface area contributed by atoms with Gasteiger partial charge in [-0.25, -0.2) is 4.79 Å². The zero-order chi connectivity index (χ0) is 26.3. The molecule has 0 spiro atoms. The molecular weight excluding hydrogens is 470 g/mol. The number of hydrogen-bond acceptors (Lipinski definition) is 9. The monoisotopic (exact) mass is 505 g/mol. The van der Waals surface area contributed by atoms with Crippen molar-refractivity contribution in [1.82, 2.24) is 16.0 Å². The quantitative estimate of drug-likeness (QED) is 0.0658. The van der Waals surface area contributed by atoms with Crippen molar-refractivity contribution in [1.29, 1.82) is 0 Å². The largest absolute Gasteiger partial charge is 0.480 e. The van der Waals surface area contributed by atoms with Crippen LogP contribution in [0.5, 0.6) is 0 Å². The van der Waals surface area contributed by atoms with Crippen LogP contribution in [0.25, 0.3) is 0 Å². The first-order valence-electron chi connectivity index (χ1n) is 10.7. The number of nitrogens with one attached hydrogen (secondary N) is 3. The lowest BCUT2D eigenvalue weighted by Gasteiger charge is -2.24. The minimum atomic E-state index is -1.40. The van der Waals surface area contributed by atoms with Crippen LogP contribution in [0.1, 0.15) is 44.9 Å². The second kappa shape index (κ2) is 16.7. The first-order valence-corrected chi connectivity index (χ1v) is 11.3. The smallest absolute Gasteiger partial charge is 0.326 e. The van der Waals surface area contributed by atoms with E-state index in [9.17, 15) is 33.9 Å². The van der Waals surface area contributed by atoms with Gasteiger partial charge in [0.15, 0.2) is 0 Å². The second-order valence-electron chi connectivity index (χ2n) is 7.61. The number of amides is 5. The van der Waals surface area contributed by atoms with Crippen molar-refractivity contribution in [3.63, 3.8) is 0 Å². The van der Waals surface area contributed by atoms with Crippen LogP contribution in [0.2, 0.25) is 0 Å². The zero-order valence-corrected chi connectivity index (χ0v) is 19.7. The summed E-state index contributed by atoms with van der Waals surface area (Å²) in [5.74, 6) is -5.16. The zero-order valence-electron chi connectivity index (χ0n) is 18.8. The molecule has 0 aromatic rings. The van der Waals surface area contributed by atoms with Gasteiger partial charge in [0.2, 0.25) is 29.5 Å². The van der Waals surface area contributed by atoms with Crippen LogP contribution >= 0.6 is 12.6 Å². The number of hydrogen-bond donors (Lipinski definition) is 9. The molecule has 0 saturated carbocycles. The number of nitrogens with two attached hydrogens (primary N) is 4. The number of thiol groups is 1. The van der Waals surface area contributed by atoms with E-state index in [2.05, 4.69) is 28.6 Å². The fraction of sp³-hybridized carbons (Fsp3) is 0.684. The SMILES string of the molecule is NCCCCC(NC(=O)C(N)CCC(N)=O)C(=O)NC(CS)C(=O)NC(CCC(N)=O)C(=O)O. The molecule has 15 heteroatoms. The van der Waals surface area contributed by atoms with Crippen molar-refractivity contribution in [2.45, 2.75) is 69.1 Å². The van der Waals surface area contributed by atoms with Crippen molar-refractivity contribution in [2.75, 3.05) is 12.3 Å². The predicted octanol–water partition coefficient (Wildman–Crippen LogP) is -3.56. The van der Waals surface area contributed by atoms with Gasteiger partial charge < -0.3 is 44.0 Å². The molecule has 0 heterocycles. The van der Waals surface area contributed by atoms with Crippen molar-refractivity contribution in [2.24, 2.45) is 22.9 Å². The van der Waals surface area contributed by atoms with E-state index in [-0.39, 0.29) is 37.9 Å². The van der Waals surface area contributed by atoms with Gasteiger partial charge in [-0.3, -0.25) is 24.0 Å². The highest BCUT2D eigenvalue weighted by atomic mass is 32.1. The lowest BCUT2D eigenvalue weighted by atomic mass is 10.1. The maximum absolute atomic E-state index is 12.8. The summed E-state index contributed by atoms with van der Waals surface area (Å²) in [5.41, 5.74) is 21.3. The molecule has 14 nitrogen and oxygen atoms in total. The molecule has 34 heavy (non-hydrogen) atoms. The molecule has 4 atom stereocenters. The summed E-state index contributed by atoms with van der Waals surface area (Å²) in [7, 11) is 0. The fourth-order valence-corrected chi connectivity index (χ4v) is 3.01. The molecular formula is C19H35N7O7S. The molecule has 0 bridgehead atoms. The van der Waals surface area contributed by atoms with Gasteiger partial charge in [0.1, 0.15) is 18.1 Å². The number of carbonyl (C=O) groups excluding carboxylic acids is 5. The molecule has 0 rings (SSSR count). The topological polar surface area (TPSA) is 263 Å². The predicted molar refractivity (Wildman–Crippen MR) is 125 cm³/mol. The molecule has 0 aromatic heterocycles. The highest BCUT2D eigenvalue weighted by Gasteiger charge is 2.29. The molecule has 0 saturated heterocycles. The minimum absolute atomic E-state index is 0.0120. The van der Waals surface area contributed by atoms with Crippen LogP contribution in [0.3, 0.4) is 0 Å². The van der Waals surface area contributed by atoms with E-state index in [0.717, 1.165) is 0 Å². The van der Waals surface area contributed by atoms with Crippen LogP contribution in [-0.2, 0) is 28.8 Å². The summed E-state index contributed by atoms with van der Waals surface area (Å²) in [6.45, 7) is 0.365. The average molecular weight is 506 g/mol. The van der Waals surface area contributed by atoms with Crippen molar-refractivity contribution < 1.29 is 33.9 Å².